The summed E-state index contributed by atoms with van der Waals surface area (Å²) in [6.07, 6.45) is 0.737. The molecule has 0 aliphatic rings. The molecular formula is C14H10F2O2. The molecule has 0 spiro atoms. The zero-order chi connectivity index (χ0) is 13.1. The highest BCUT2D eigenvalue weighted by molar-refractivity contribution is 5.77. The number of aldehydes is 1. The first kappa shape index (κ1) is 12.2. The van der Waals surface area contributed by atoms with E-state index in [0.717, 1.165) is 30.0 Å². The summed E-state index contributed by atoms with van der Waals surface area (Å²) < 4.78 is 31.2. The van der Waals surface area contributed by atoms with Gasteiger partial charge in [0.2, 0.25) is 0 Å². The van der Waals surface area contributed by atoms with Crippen LogP contribution in [0.4, 0.5) is 8.78 Å². The molecule has 18 heavy (non-hydrogen) atoms. The monoisotopic (exact) mass is 248 g/mol. The Labute approximate surface area is 103 Å². The van der Waals surface area contributed by atoms with Crippen LogP contribution in [0, 0.1) is 18.6 Å². The fraction of sp³-hybridized carbons (Fsp3) is 0.0714. The molecule has 0 atom stereocenters. The largest absolute Gasteiger partial charge is 0.457 e. The number of hydrogen-bond acceptors (Lipinski definition) is 2. The highest BCUT2D eigenvalue weighted by Crippen LogP contribution is 2.24. The topological polar surface area (TPSA) is 26.3 Å². The van der Waals surface area contributed by atoms with E-state index in [0.29, 0.717) is 11.3 Å². The van der Waals surface area contributed by atoms with Crippen LogP contribution in [0.2, 0.25) is 0 Å². The van der Waals surface area contributed by atoms with Crippen molar-refractivity contribution in [2.24, 2.45) is 0 Å². The molecule has 2 aromatic rings. The third-order valence-electron chi connectivity index (χ3n) is 2.44. The number of halogens is 2. The third kappa shape index (κ3) is 2.71. The molecule has 0 aliphatic heterocycles. The molecule has 0 saturated heterocycles. The first-order valence-electron chi connectivity index (χ1n) is 5.28. The van der Waals surface area contributed by atoms with E-state index in [9.17, 15) is 13.6 Å². The third-order valence-corrected chi connectivity index (χ3v) is 2.44. The van der Waals surface area contributed by atoms with Crippen LogP contribution < -0.4 is 4.74 Å². The highest BCUT2D eigenvalue weighted by atomic mass is 19.1. The number of carbonyl (C=O) groups excluding carboxylic acids is 1. The van der Waals surface area contributed by atoms with E-state index in [1.807, 2.05) is 0 Å². The number of ether oxygens (including phenoxy) is 1. The summed E-state index contributed by atoms with van der Waals surface area (Å²) in [5.74, 6) is -0.911. The molecule has 0 heterocycles. The van der Waals surface area contributed by atoms with Gasteiger partial charge in [0.25, 0.3) is 0 Å². The van der Waals surface area contributed by atoms with Crippen molar-refractivity contribution >= 4 is 6.29 Å². The maximum absolute atomic E-state index is 13.0. The Bertz CT molecular complexity index is 574. The van der Waals surface area contributed by atoms with Crippen LogP contribution in [0.3, 0.4) is 0 Å². The second kappa shape index (κ2) is 4.96. The Hall–Kier alpha value is -2.23. The zero-order valence-electron chi connectivity index (χ0n) is 9.61. The van der Waals surface area contributed by atoms with Gasteiger partial charge in [-0.3, -0.25) is 4.79 Å². The summed E-state index contributed by atoms with van der Waals surface area (Å²) in [6.45, 7) is 1.75. The van der Waals surface area contributed by atoms with Crippen LogP contribution in [0.1, 0.15) is 15.9 Å². The summed E-state index contributed by atoms with van der Waals surface area (Å²) in [6, 6.07) is 7.74. The van der Waals surface area contributed by atoms with Gasteiger partial charge in [-0.2, -0.15) is 0 Å². The van der Waals surface area contributed by atoms with E-state index in [1.165, 1.54) is 0 Å². The van der Waals surface area contributed by atoms with Gasteiger partial charge >= 0.3 is 0 Å². The SMILES string of the molecule is Cc1cc(Oc2cc(F)cc(F)c2)ccc1C=O. The van der Waals surface area contributed by atoms with Crippen LogP contribution in [0.5, 0.6) is 11.5 Å². The lowest BCUT2D eigenvalue weighted by atomic mass is 10.1. The van der Waals surface area contributed by atoms with E-state index < -0.39 is 11.6 Å². The Kier molecular flexibility index (Phi) is 3.37. The number of rotatable bonds is 3. The Morgan fingerprint density at radius 1 is 1.00 bits per heavy atom. The molecule has 2 aromatic carbocycles. The molecule has 0 saturated carbocycles. The maximum atomic E-state index is 13.0. The molecule has 0 amide bonds. The van der Waals surface area contributed by atoms with Crippen molar-refractivity contribution in [3.63, 3.8) is 0 Å². The number of hydrogen-bond donors (Lipinski definition) is 0. The first-order valence-corrected chi connectivity index (χ1v) is 5.28. The van der Waals surface area contributed by atoms with Gasteiger partial charge in [-0.15, -0.1) is 0 Å². The van der Waals surface area contributed by atoms with Crippen molar-refractivity contribution in [2.75, 3.05) is 0 Å². The second-order valence-corrected chi connectivity index (χ2v) is 3.84. The molecule has 4 heteroatoms. The van der Waals surface area contributed by atoms with Gasteiger partial charge in [-0.05, 0) is 30.7 Å². The van der Waals surface area contributed by atoms with Crippen LogP contribution in [-0.4, -0.2) is 6.29 Å². The average Bonchev–Trinajstić information content (AvgIpc) is 2.27. The van der Waals surface area contributed by atoms with E-state index >= 15 is 0 Å². The molecule has 0 fully saturated rings. The molecule has 2 rings (SSSR count). The quantitative estimate of drug-likeness (QED) is 0.770. The van der Waals surface area contributed by atoms with Crippen LogP contribution >= 0.6 is 0 Å². The molecule has 2 nitrogen and oxygen atoms in total. The normalized spacial score (nSPS) is 10.2. The fourth-order valence-electron chi connectivity index (χ4n) is 1.57. The number of benzene rings is 2. The van der Waals surface area contributed by atoms with Crippen LogP contribution in [-0.2, 0) is 0 Å². The number of carbonyl (C=O) groups is 1. The van der Waals surface area contributed by atoms with Crippen molar-refractivity contribution in [2.45, 2.75) is 6.92 Å². The Morgan fingerprint density at radius 3 is 2.22 bits per heavy atom. The van der Waals surface area contributed by atoms with Gasteiger partial charge in [-0.1, -0.05) is 0 Å². The van der Waals surface area contributed by atoms with Gasteiger partial charge in [-0.25, -0.2) is 8.78 Å². The predicted molar refractivity (Wildman–Crippen MR) is 63.0 cm³/mol. The summed E-state index contributed by atoms with van der Waals surface area (Å²) >= 11 is 0. The summed E-state index contributed by atoms with van der Waals surface area (Å²) in [5, 5.41) is 0. The minimum Gasteiger partial charge on any atom is -0.457 e. The van der Waals surface area contributed by atoms with E-state index in [2.05, 4.69) is 0 Å². The molecule has 0 radical (unpaired) electrons. The van der Waals surface area contributed by atoms with Gasteiger partial charge in [0.05, 0.1) is 0 Å². The van der Waals surface area contributed by atoms with Gasteiger partial charge in [0, 0.05) is 23.8 Å². The summed E-state index contributed by atoms with van der Waals surface area (Å²) in [7, 11) is 0. The first-order chi connectivity index (χ1) is 8.58. The predicted octanol–water partition coefficient (Wildman–Crippen LogP) is 3.88. The van der Waals surface area contributed by atoms with Gasteiger partial charge in [0.15, 0.2) is 0 Å². The summed E-state index contributed by atoms with van der Waals surface area (Å²) in [5.41, 5.74) is 1.28. The molecular weight excluding hydrogens is 238 g/mol. The minimum absolute atomic E-state index is 0.0748. The van der Waals surface area contributed by atoms with Crippen molar-refractivity contribution in [1.29, 1.82) is 0 Å². The second-order valence-electron chi connectivity index (χ2n) is 3.84. The molecule has 0 aromatic heterocycles. The average molecular weight is 248 g/mol. The summed E-state index contributed by atoms with van der Waals surface area (Å²) in [4.78, 5) is 10.6. The Morgan fingerprint density at radius 2 is 1.67 bits per heavy atom. The van der Waals surface area contributed by atoms with E-state index in [4.69, 9.17) is 4.74 Å². The van der Waals surface area contributed by atoms with E-state index in [1.54, 1.807) is 25.1 Å². The molecule has 0 N–H and O–H groups in total. The van der Waals surface area contributed by atoms with Crippen LogP contribution in [0.25, 0.3) is 0 Å². The van der Waals surface area contributed by atoms with Gasteiger partial charge < -0.3 is 4.74 Å². The Balaban J connectivity index is 2.28. The minimum atomic E-state index is -0.703. The lowest BCUT2D eigenvalue weighted by Crippen LogP contribution is -1.90. The molecule has 0 bridgehead atoms. The zero-order valence-corrected chi connectivity index (χ0v) is 9.61. The smallest absolute Gasteiger partial charge is 0.150 e. The maximum Gasteiger partial charge on any atom is 0.150 e. The van der Waals surface area contributed by atoms with Crippen molar-refractivity contribution in [3.05, 3.63) is 59.2 Å². The molecule has 0 unspecified atom stereocenters. The van der Waals surface area contributed by atoms with Crippen molar-refractivity contribution < 1.29 is 18.3 Å². The van der Waals surface area contributed by atoms with Crippen LogP contribution in [0.15, 0.2) is 36.4 Å². The number of aryl methyl sites for hydroxylation is 1. The highest BCUT2D eigenvalue weighted by Gasteiger charge is 2.04. The van der Waals surface area contributed by atoms with E-state index in [-0.39, 0.29) is 5.75 Å². The van der Waals surface area contributed by atoms with Gasteiger partial charge in [0.1, 0.15) is 29.4 Å². The molecule has 0 aliphatic carbocycles. The lowest BCUT2D eigenvalue weighted by molar-refractivity contribution is 0.112. The standard InChI is InChI=1S/C14H10F2O2/c1-9-4-13(3-2-10(9)8-17)18-14-6-11(15)5-12(16)7-14/h2-8H,1H3. The fourth-order valence-corrected chi connectivity index (χ4v) is 1.57. The molecule has 92 valence electrons. The van der Waals surface area contributed by atoms with Crippen molar-refractivity contribution in [3.8, 4) is 11.5 Å². The lowest BCUT2D eigenvalue weighted by Gasteiger charge is -2.07. The van der Waals surface area contributed by atoms with Crippen molar-refractivity contribution in [1.82, 2.24) is 0 Å².